The first-order valence-electron chi connectivity index (χ1n) is 4.51. The average molecular weight is 189 g/mol. The number of carbonyl (C=O) groups excluding carboxylic acids is 1. The van der Waals surface area contributed by atoms with E-state index in [0.29, 0.717) is 11.3 Å². The smallest absolute Gasteiger partial charge is 0.183 e. The molecule has 14 heavy (non-hydrogen) atoms. The maximum Gasteiger partial charge on any atom is 0.183 e. The minimum atomic E-state index is -0.0111. The number of hydrogen-bond acceptors (Lipinski definition) is 3. The molecule has 2 aromatic rings. The molecule has 0 saturated heterocycles. The molecule has 0 atom stereocenters. The molecular formula is C10H11N3O. The van der Waals surface area contributed by atoms with E-state index in [2.05, 4.69) is 9.97 Å². The molecule has 0 aliphatic carbocycles. The van der Waals surface area contributed by atoms with Crippen molar-refractivity contribution in [2.75, 3.05) is 0 Å². The van der Waals surface area contributed by atoms with Gasteiger partial charge in [-0.1, -0.05) is 13.8 Å². The lowest BCUT2D eigenvalue weighted by Crippen LogP contribution is -2.10. The molecular weight excluding hydrogens is 178 g/mol. The molecule has 0 spiro atoms. The van der Waals surface area contributed by atoms with Crippen LogP contribution in [0.1, 0.15) is 24.3 Å². The fraction of sp³-hybridized carbons (Fsp3) is 0.300. The van der Waals surface area contributed by atoms with Gasteiger partial charge in [0.25, 0.3) is 0 Å². The van der Waals surface area contributed by atoms with Gasteiger partial charge in [0, 0.05) is 18.3 Å². The standard InChI is InChI=1S/C10H11N3O/c1-7(2)10(14)8-5-12-9-6-11-3-4-13(8)9/h3-7H,1-2H3. The third kappa shape index (κ3) is 1.28. The van der Waals surface area contributed by atoms with Crippen LogP contribution in [0.3, 0.4) is 0 Å². The van der Waals surface area contributed by atoms with Crippen molar-refractivity contribution in [2.24, 2.45) is 5.92 Å². The fourth-order valence-electron chi connectivity index (χ4n) is 1.32. The van der Waals surface area contributed by atoms with Gasteiger partial charge in [0.1, 0.15) is 5.69 Å². The first kappa shape index (κ1) is 8.87. The maximum atomic E-state index is 11.7. The maximum absolute atomic E-state index is 11.7. The van der Waals surface area contributed by atoms with Crippen molar-refractivity contribution < 1.29 is 4.79 Å². The monoisotopic (exact) mass is 189 g/mol. The molecule has 2 aromatic heterocycles. The molecule has 0 fully saturated rings. The van der Waals surface area contributed by atoms with Crippen LogP contribution < -0.4 is 0 Å². The van der Waals surface area contributed by atoms with Crippen LogP contribution >= 0.6 is 0 Å². The Balaban J connectivity index is 2.58. The molecule has 0 amide bonds. The summed E-state index contributed by atoms with van der Waals surface area (Å²) in [7, 11) is 0. The van der Waals surface area contributed by atoms with Crippen LogP contribution in [0.25, 0.3) is 5.65 Å². The summed E-state index contributed by atoms with van der Waals surface area (Å²) in [6.07, 6.45) is 6.63. The third-order valence-electron chi connectivity index (χ3n) is 2.09. The lowest BCUT2D eigenvalue weighted by Gasteiger charge is -2.02. The first-order valence-corrected chi connectivity index (χ1v) is 4.51. The van der Waals surface area contributed by atoms with Gasteiger partial charge in [-0.15, -0.1) is 0 Å². The molecule has 0 unspecified atom stereocenters. The predicted molar refractivity (Wildman–Crippen MR) is 52.2 cm³/mol. The average Bonchev–Trinajstić information content (AvgIpc) is 2.60. The van der Waals surface area contributed by atoms with Crippen molar-refractivity contribution in [3.8, 4) is 0 Å². The van der Waals surface area contributed by atoms with Crippen LogP contribution in [0.4, 0.5) is 0 Å². The minimum absolute atomic E-state index is 0.0111. The molecule has 0 radical (unpaired) electrons. The Morgan fingerprint density at radius 2 is 2.21 bits per heavy atom. The number of nitrogens with zero attached hydrogens (tertiary/aromatic N) is 3. The summed E-state index contributed by atoms with van der Waals surface area (Å²) >= 11 is 0. The number of rotatable bonds is 2. The largest absolute Gasteiger partial charge is 0.294 e. The van der Waals surface area contributed by atoms with E-state index in [1.165, 1.54) is 0 Å². The van der Waals surface area contributed by atoms with Crippen molar-refractivity contribution in [2.45, 2.75) is 13.8 Å². The van der Waals surface area contributed by atoms with Gasteiger partial charge in [0.15, 0.2) is 11.4 Å². The lowest BCUT2D eigenvalue weighted by atomic mass is 10.1. The van der Waals surface area contributed by atoms with Crippen LogP contribution in [-0.2, 0) is 0 Å². The number of hydrogen-bond donors (Lipinski definition) is 0. The van der Waals surface area contributed by atoms with E-state index in [0.717, 1.165) is 0 Å². The summed E-state index contributed by atoms with van der Waals surface area (Å²) < 4.78 is 1.76. The van der Waals surface area contributed by atoms with Crippen LogP contribution in [0.15, 0.2) is 24.8 Å². The summed E-state index contributed by atoms with van der Waals surface area (Å²) in [4.78, 5) is 19.8. The zero-order chi connectivity index (χ0) is 10.1. The molecule has 2 heterocycles. The normalized spacial score (nSPS) is 11.1. The first-order chi connectivity index (χ1) is 6.70. The highest BCUT2D eigenvalue weighted by Crippen LogP contribution is 2.10. The molecule has 0 aromatic carbocycles. The van der Waals surface area contributed by atoms with Gasteiger partial charge >= 0.3 is 0 Å². The van der Waals surface area contributed by atoms with E-state index in [-0.39, 0.29) is 11.7 Å². The van der Waals surface area contributed by atoms with Crippen molar-refractivity contribution in [3.63, 3.8) is 0 Å². The second-order valence-electron chi connectivity index (χ2n) is 3.47. The van der Waals surface area contributed by atoms with E-state index in [1.807, 2.05) is 13.8 Å². The summed E-state index contributed by atoms with van der Waals surface area (Å²) in [6.45, 7) is 3.76. The Morgan fingerprint density at radius 1 is 1.43 bits per heavy atom. The van der Waals surface area contributed by atoms with E-state index in [1.54, 1.807) is 29.2 Å². The van der Waals surface area contributed by atoms with Gasteiger partial charge in [0.05, 0.1) is 12.4 Å². The molecule has 4 heteroatoms. The van der Waals surface area contributed by atoms with Crippen LogP contribution in [0.5, 0.6) is 0 Å². The highest BCUT2D eigenvalue weighted by Gasteiger charge is 2.14. The Morgan fingerprint density at radius 3 is 2.93 bits per heavy atom. The molecule has 0 saturated carbocycles. The second kappa shape index (κ2) is 3.21. The van der Waals surface area contributed by atoms with Crippen molar-refractivity contribution in [1.29, 1.82) is 0 Å². The molecule has 72 valence electrons. The molecule has 0 aliphatic heterocycles. The van der Waals surface area contributed by atoms with E-state index in [9.17, 15) is 4.79 Å². The van der Waals surface area contributed by atoms with Gasteiger partial charge in [-0.05, 0) is 0 Å². The summed E-state index contributed by atoms with van der Waals surface area (Å²) in [5.41, 5.74) is 1.33. The van der Waals surface area contributed by atoms with E-state index < -0.39 is 0 Å². The highest BCUT2D eigenvalue weighted by molar-refractivity contribution is 5.96. The third-order valence-corrected chi connectivity index (χ3v) is 2.09. The summed E-state index contributed by atoms with van der Waals surface area (Å²) in [6, 6.07) is 0. The predicted octanol–water partition coefficient (Wildman–Crippen LogP) is 1.57. The number of Topliss-reactive ketones (excluding diaryl/α,β-unsaturated/α-hetero) is 1. The van der Waals surface area contributed by atoms with E-state index >= 15 is 0 Å². The van der Waals surface area contributed by atoms with E-state index in [4.69, 9.17) is 0 Å². The van der Waals surface area contributed by atoms with Crippen LogP contribution in [-0.4, -0.2) is 20.2 Å². The van der Waals surface area contributed by atoms with Gasteiger partial charge < -0.3 is 0 Å². The van der Waals surface area contributed by atoms with Gasteiger partial charge in [0.2, 0.25) is 0 Å². The topological polar surface area (TPSA) is 47.3 Å². The van der Waals surface area contributed by atoms with Crippen LogP contribution in [0.2, 0.25) is 0 Å². The molecule has 0 N–H and O–H groups in total. The number of imidazole rings is 1. The molecule has 2 rings (SSSR count). The lowest BCUT2D eigenvalue weighted by molar-refractivity contribution is 0.0933. The van der Waals surface area contributed by atoms with Crippen molar-refractivity contribution in [3.05, 3.63) is 30.5 Å². The zero-order valence-electron chi connectivity index (χ0n) is 8.14. The number of carbonyl (C=O) groups is 1. The minimum Gasteiger partial charge on any atom is -0.294 e. The van der Waals surface area contributed by atoms with Crippen molar-refractivity contribution >= 4 is 11.4 Å². The van der Waals surface area contributed by atoms with Gasteiger partial charge in [-0.2, -0.15) is 0 Å². The highest BCUT2D eigenvalue weighted by atomic mass is 16.1. The van der Waals surface area contributed by atoms with Crippen molar-refractivity contribution in [1.82, 2.24) is 14.4 Å². The molecule has 0 aliphatic rings. The quantitative estimate of drug-likeness (QED) is 0.673. The Labute approximate surface area is 81.6 Å². The Kier molecular flexibility index (Phi) is 2.04. The molecule has 4 nitrogen and oxygen atoms in total. The van der Waals surface area contributed by atoms with Crippen LogP contribution in [0, 0.1) is 5.92 Å². The van der Waals surface area contributed by atoms with Gasteiger partial charge in [-0.3, -0.25) is 14.2 Å². The number of fused-ring (bicyclic) bond motifs is 1. The fourth-order valence-corrected chi connectivity index (χ4v) is 1.32. The number of ketones is 1. The second-order valence-corrected chi connectivity index (χ2v) is 3.47. The zero-order valence-corrected chi connectivity index (χ0v) is 8.14. The Hall–Kier alpha value is -1.71. The Bertz CT molecular complexity index is 473. The summed E-state index contributed by atoms with van der Waals surface area (Å²) in [5.74, 6) is 0.0896. The summed E-state index contributed by atoms with van der Waals surface area (Å²) in [5, 5.41) is 0. The van der Waals surface area contributed by atoms with Gasteiger partial charge in [-0.25, -0.2) is 4.98 Å². The molecule has 0 bridgehead atoms. The number of aromatic nitrogens is 3. The SMILES string of the molecule is CC(C)C(=O)c1cnc2cnccn12.